The fraction of sp³-hybridized carbons (Fsp3) is 0.300. The minimum Gasteiger partial charge on any atom is -0.392 e. The average Bonchev–Trinajstić information content (AvgIpc) is 2.14. The molecule has 1 amide bonds. The second-order valence-electron chi connectivity index (χ2n) is 3.18. The van der Waals surface area contributed by atoms with Crippen molar-refractivity contribution in [2.75, 3.05) is 6.54 Å². The van der Waals surface area contributed by atoms with Gasteiger partial charge in [0.25, 0.3) is 5.91 Å². The molecule has 3 nitrogen and oxygen atoms in total. The molecule has 2 N–H and O–H groups in total. The van der Waals surface area contributed by atoms with E-state index in [1.54, 1.807) is 0 Å². The summed E-state index contributed by atoms with van der Waals surface area (Å²) >= 11 is 0. The molecular weight excluding hydrogens is 204 g/mol. The Kier molecular flexibility index (Phi) is 3.74. The van der Waals surface area contributed by atoms with E-state index >= 15 is 0 Å². The Balaban J connectivity index is 2.74. The predicted molar refractivity (Wildman–Crippen MR) is 50.4 cm³/mol. The normalized spacial score (nSPS) is 12.3. The molecule has 5 heteroatoms. The predicted octanol–water partition coefficient (Wildman–Crippen LogP) is 1.08. The summed E-state index contributed by atoms with van der Waals surface area (Å²) in [7, 11) is 0. The number of amides is 1. The first kappa shape index (κ1) is 11.6. The van der Waals surface area contributed by atoms with Gasteiger partial charge < -0.3 is 10.4 Å². The van der Waals surface area contributed by atoms with Crippen molar-refractivity contribution in [2.24, 2.45) is 0 Å². The maximum atomic E-state index is 13.1. The number of rotatable bonds is 3. The molecule has 0 saturated carbocycles. The number of benzene rings is 1. The molecule has 0 fully saturated rings. The number of nitrogens with one attached hydrogen (secondary N) is 1. The maximum Gasteiger partial charge on any atom is 0.254 e. The van der Waals surface area contributed by atoms with E-state index in [2.05, 4.69) is 5.32 Å². The first-order chi connectivity index (χ1) is 7.00. The van der Waals surface area contributed by atoms with Crippen LogP contribution < -0.4 is 5.32 Å². The van der Waals surface area contributed by atoms with Gasteiger partial charge in [-0.1, -0.05) is 0 Å². The molecule has 1 rings (SSSR count). The summed E-state index contributed by atoms with van der Waals surface area (Å²) in [5.74, 6) is -2.33. The zero-order valence-electron chi connectivity index (χ0n) is 8.13. The third-order valence-electron chi connectivity index (χ3n) is 1.73. The van der Waals surface area contributed by atoms with Crippen LogP contribution in [0.3, 0.4) is 0 Å². The van der Waals surface area contributed by atoms with Gasteiger partial charge in [0.15, 0.2) is 0 Å². The van der Waals surface area contributed by atoms with E-state index in [1.807, 2.05) is 0 Å². The zero-order chi connectivity index (χ0) is 11.4. The van der Waals surface area contributed by atoms with Crippen LogP contribution in [-0.2, 0) is 0 Å². The van der Waals surface area contributed by atoms with Crippen molar-refractivity contribution in [2.45, 2.75) is 13.0 Å². The topological polar surface area (TPSA) is 49.3 Å². The fourth-order valence-corrected chi connectivity index (χ4v) is 1.01. The van der Waals surface area contributed by atoms with E-state index in [1.165, 1.54) is 6.92 Å². The number of aliphatic hydroxyl groups is 1. The van der Waals surface area contributed by atoms with Crippen LogP contribution in [0.15, 0.2) is 18.2 Å². The molecule has 0 radical (unpaired) electrons. The Bertz CT molecular complexity index is 366. The highest BCUT2D eigenvalue weighted by atomic mass is 19.1. The molecule has 0 aliphatic rings. The van der Waals surface area contributed by atoms with E-state index in [0.29, 0.717) is 6.07 Å². The minimum atomic E-state index is -0.918. The summed E-state index contributed by atoms with van der Waals surface area (Å²) in [5, 5.41) is 11.2. The lowest BCUT2D eigenvalue weighted by molar-refractivity contribution is 0.0920. The van der Waals surface area contributed by atoms with Gasteiger partial charge in [-0.05, 0) is 19.1 Å². The van der Waals surface area contributed by atoms with Crippen molar-refractivity contribution in [1.82, 2.24) is 5.32 Å². The highest BCUT2D eigenvalue weighted by Crippen LogP contribution is 2.09. The molecule has 0 aromatic heterocycles. The Hall–Kier alpha value is -1.49. The molecule has 0 heterocycles. The molecule has 0 aliphatic carbocycles. The van der Waals surface area contributed by atoms with Crippen LogP contribution in [0.25, 0.3) is 0 Å². The molecule has 1 aromatic rings. The monoisotopic (exact) mass is 215 g/mol. The fourth-order valence-electron chi connectivity index (χ4n) is 1.01. The number of carbonyl (C=O) groups excluding carboxylic acids is 1. The number of hydrogen-bond acceptors (Lipinski definition) is 2. The molecule has 82 valence electrons. The molecule has 0 bridgehead atoms. The average molecular weight is 215 g/mol. The summed E-state index contributed by atoms with van der Waals surface area (Å²) in [6, 6.07) is 2.69. The van der Waals surface area contributed by atoms with Crippen LogP contribution >= 0.6 is 0 Å². The van der Waals surface area contributed by atoms with E-state index in [9.17, 15) is 13.6 Å². The summed E-state index contributed by atoms with van der Waals surface area (Å²) in [6.07, 6.45) is -0.711. The second-order valence-corrected chi connectivity index (χ2v) is 3.18. The van der Waals surface area contributed by atoms with Crippen LogP contribution in [0.5, 0.6) is 0 Å². The molecule has 1 aromatic carbocycles. The highest BCUT2D eigenvalue weighted by molar-refractivity contribution is 5.94. The second kappa shape index (κ2) is 4.84. The van der Waals surface area contributed by atoms with E-state index in [4.69, 9.17) is 5.11 Å². The lowest BCUT2D eigenvalue weighted by atomic mass is 10.2. The van der Waals surface area contributed by atoms with Crippen molar-refractivity contribution in [3.05, 3.63) is 35.4 Å². The summed E-state index contributed by atoms with van der Waals surface area (Å²) in [5.41, 5.74) is -0.239. The quantitative estimate of drug-likeness (QED) is 0.792. The Morgan fingerprint density at radius 2 is 2.20 bits per heavy atom. The third kappa shape index (κ3) is 3.28. The van der Waals surface area contributed by atoms with Gasteiger partial charge >= 0.3 is 0 Å². The number of carbonyl (C=O) groups is 1. The van der Waals surface area contributed by atoms with E-state index in [0.717, 1.165) is 12.1 Å². The van der Waals surface area contributed by atoms with Crippen molar-refractivity contribution < 1.29 is 18.7 Å². The van der Waals surface area contributed by atoms with Crippen LogP contribution in [0.4, 0.5) is 8.78 Å². The molecule has 1 atom stereocenters. The van der Waals surface area contributed by atoms with Crippen molar-refractivity contribution in [3.8, 4) is 0 Å². The molecular formula is C10H11F2NO2. The standard InChI is InChI=1S/C10H11F2NO2/c1-6(14)5-13-10(15)8-3-2-7(11)4-9(8)12/h2-4,6,14H,5H2,1H3,(H,13,15)/t6-/m1/s1. The SMILES string of the molecule is C[C@@H](O)CNC(=O)c1ccc(F)cc1F. The van der Waals surface area contributed by atoms with Gasteiger partial charge in [0.2, 0.25) is 0 Å². The van der Waals surface area contributed by atoms with Gasteiger partial charge in [0.1, 0.15) is 11.6 Å². The molecule has 15 heavy (non-hydrogen) atoms. The largest absolute Gasteiger partial charge is 0.392 e. The summed E-state index contributed by atoms with van der Waals surface area (Å²) in [6.45, 7) is 1.51. The third-order valence-corrected chi connectivity index (χ3v) is 1.73. The van der Waals surface area contributed by atoms with E-state index < -0.39 is 23.6 Å². The van der Waals surface area contributed by atoms with Gasteiger partial charge in [0, 0.05) is 12.6 Å². The molecule has 0 aliphatic heterocycles. The first-order valence-corrected chi connectivity index (χ1v) is 4.42. The van der Waals surface area contributed by atoms with Gasteiger partial charge in [-0.25, -0.2) is 8.78 Å². The lowest BCUT2D eigenvalue weighted by Gasteiger charge is -2.07. The van der Waals surface area contributed by atoms with Crippen LogP contribution in [0.1, 0.15) is 17.3 Å². The van der Waals surface area contributed by atoms with Crippen LogP contribution in [-0.4, -0.2) is 23.7 Å². The number of aliphatic hydroxyl groups excluding tert-OH is 1. The summed E-state index contributed by atoms with van der Waals surface area (Å²) < 4.78 is 25.6. The molecule has 0 unspecified atom stereocenters. The van der Waals surface area contributed by atoms with Crippen LogP contribution in [0.2, 0.25) is 0 Å². The van der Waals surface area contributed by atoms with Crippen molar-refractivity contribution in [3.63, 3.8) is 0 Å². The number of halogens is 2. The first-order valence-electron chi connectivity index (χ1n) is 4.42. The van der Waals surface area contributed by atoms with Gasteiger partial charge in [-0.2, -0.15) is 0 Å². The molecule has 0 spiro atoms. The minimum absolute atomic E-state index is 0.0235. The number of hydrogen-bond donors (Lipinski definition) is 2. The van der Waals surface area contributed by atoms with Gasteiger partial charge in [-0.3, -0.25) is 4.79 Å². The van der Waals surface area contributed by atoms with Crippen molar-refractivity contribution >= 4 is 5.91 Å². The Morgan fingerprint density at radius 1 is 1.53 bits per heavy atom. The Morgan fingerprint density at radius 3 is 2.73 bits per heavy atom. The van der Waals surface area contributed by atoms with E-state index in [-0.39, 0.29) is 12.1 Å². The van der Waals surface area contributed by atoms with Gasteiger partial charge in [0.05, 0.1) is 11.7 Å². The van der Waals surface area contributed by atoms with Crippen molar-refractivity contribution in [1.29, 1.82) is 0 Å². The molecule has 0 saturated heterocycles. The lowest BCUT2D eigenvalue weighted by Crippen LogP contribution is -2.31. The smallest absolute Gasteiger partial charge is 0.254 e. The maximum absolute atomic E-state index is 13.1. The summed E-state index contributed by atoms with van der Waals surface area (Å²) in [4.78, 5) is 11.3. The van der Waals surface area contributed by atoms with Gasteiger partial charge in [-0.15, -0.1) is 0 Å². The highest BCUT2D eigenvalue weighted by Gasteiger charge is 2.12. The zero-order valence-corrected chi connectivity index (χ0v) is 8.13. The van der Waals surface area contributed by atoms with Crippen LogP contribution in [0, 0.1) is 11.6 Å². The Labute approximate surface area is 85.7 Å².